The van der Waals surface area contributed by atoms with Gasteiger partial charge in [-0.15, -0.1) is 0 Å². The fraction of sp³-hybridized carbons (Fsp3) is 0.281. The van der Waals surface area contributed by atoms with Crippen molar-refractivity contribution in [3.05, 3.63) is 165 Å². The highest BCUT2D eigenvalue weighted by Crippen LogP contribution is 2.44. The summed E-state index contributed by atoms with van der Waals surface area (Å²) in [6.07, 6.45) is 4.62. The number of halogens is 4. The quantitative estimate of drug-likeness (QED) is 0.0275. The van der Waals surface area contributed by atoms with E-state index in [0.29, 0.717) is 84.4 Å². The van der Waals surface area contributed by atoms with Crippen molar-refractivity contribution in [3.8, 4) is 51.5 Å². The summed E-state index contributed by atoms with van der Waals surface area (Å²) in [5.41, 5.74) is 6.53. The second kappa shape index (κ2) is 25.7. The molecule has 9 aromatic rings. The lowest BCUT2D eigenvalue weighted by Gasteiger charge is -2.37. The number of carbonyl (C=O) groups excluding carboxylic acids is 1. The first-order chi connectivity index (χ1) is 43.2. The zero-order valence-corrected chi connectivity index (χ0v) is 51.0. The lowest BCUT2D eigenvalue weighted by atomic mass is 9.75. The third-order valence-corrected chi connectivity index (χ3v) is 17.6. The van der Waals surface area contributed by atoms with E-state index in [1.807, 2.05) is 39.8 Å². The van der Waals surface area contributed by atoms with Crippen LogP contribution in [0.4, 0.5) is 23.2 Å². The third kappa shape index (κ3) is 12.4. The number of rotatable bonds is 10. The van der Waals surface area contributed by atoms with Gasteiger partial charge in [-0.2, -0.15) is 9.97 Å². The van der Waals surface area contributed by atoms with Crippen LogP contribution in [0.25, 0.3) is 44.3 Å². The highest BCUT2D eigenvalue weighted by atomic mass is 32.2. The molecule has 2 aliphatic carbocycles. The number of imidazole rings is 2. The predicted molar refractivity (Wildman–Crippen MR) is 335 cm³/mol. The average Bonchev–Trinajstić information content (AvgIpc) is 1.37. The van der Waals surface area contributed by atoms with Gasteiger partial charge in [-0.1, -0.05) is 80.6 Å². The van der Waals surface area contributed by atoms with Crippen molar-refractivity contribution >= 4 is 76.0 Å². The first-order valence-corrected chi connectivity index (χ1v) is 30.4. The van der Waals surface area contributed by atoms with Crippen LogP contribution in [0.15, 0.2) is 108 Å². The van der Waals surface area contributed by atoms with Gasteiger partial charge in [-0.05, 0) is 138 Å². The zero-order chi connectivity index (χ0) is 63.9. The molecule has 2 aromatic heterocycles. The maximum atomic E-state index is 15.5. The van der Waals surface area contributed by atoms with Gasteiger partial charge in [0.1, 0.15) is 46.5 Å². The number of hydrogen-bond donors (Lipinski definition) is 8. The number of hydrogen-bond acceptors (Lipinski definition) is 14. The Morgan fingerprint density at radius 2 is 1.16 bits per heavy atom. The number of anilines is 1. The van der Waals surface area contributed by atoms with E-state index in [1.54, 1.807) is 99.9 Å². The van der Waals surface area contributed by atoms with E-state index in [0.717, 1.165) is 63.3 Å². The van der Waals surface area contributed by atoms with Crippen molar-refractivity contribution in [1.29, 1.82) is 0 Å². The number of fused-ring (bicyclic) bond motifs is 4. The van der Waals surface area contributed by atoms with Crippen molar-refractivity contribution < 1.29 is 70.3 Å². The molecule has 1 atom stereocenters. The van der Waals surface area contributed by atoms with Crippen molar-refractivity contribution in [1.82, 2.24) is 30.0 Å². The summed E-state index contributed by atoms with van der Waals surface area (Å²) >= 11 is -1.70. The number of aliphatic imine (C=N–C) groups is 1. The highest BCUT2D eigenvalue weighted by Gasteiger charge is 2.38. The van der Waals surface area contributed by atoms with Gasteiger partial charge in [-0.25, -0.2) is 26.8 Å². The van der Waals surface area contributed by atoms with E-state index in [4.69, 9.17) is 23.5 Å². The lowest BCUT2D eigenvalue weighted by molar-refractivity contribution is -0.117. The maximum absolute atomic E-state index is 15.5. The topological polar surface area (TPSA) is 258 Å². The van der Waals surface area contributed by atoms with Crippen LogP contribution in [0.5, 0.6) is 29.3 Å². The minimum absolute atomic E-state index is 0.00413. The third-order valence-electron chi connectivity index (χ3n) is 16.5. The van der Waals surface area contributed by atoms with Gasteiger partial charge in [-0.3, -0.25) is 13.8 Å². The Morgan fingerprint density at radius 1 is 0.678 bits per heavy atom. The van der Waals surface area contributed by atoms with Gasteiger partial charge in [0.2, 0.25) is 11.2 Å². The first-order valence-electron chi connectivity index (χ1n) is 29.3. The minimum Gasteiger partial charge on any atom is -0.426 e. The number of amidine groups is 1. The number of nitrogens with one attached hydrogen (secondary N) is 4. The largest absolute Gasteiger partial charge is 0.491 e. The second-order valence-electron chi connectivity index (χ2n) is 22.2. The Kier molecular flexibility index (Phi) is 18.0. The highest BCUT2D eigenvalue weighted by molar-refractivity contribution is 7.85. The molecule has 0 radical (unpaired) electrons. The number of aromatic nitrogens is 4. The molecule has 8 N–H and O–H groups in total. The molecule has 14 rings (SSSR count). The van der Waals surface area contributed by atoms with E-state index in [2.05, 4.69) is 35.0 Å². The number of carbonyl (C=O) groups is 1. The van der Waals surface area contributed by atoms with Gasteiger partial charge in [0, 0.05) is 32.3 Å². The Balaban J connectivity index is 0.000000146. The van der Waals surface area contributed by atoms with E-state index in [9.17, 15) is 33.7 Å². The van der Waals surface area contributed by atoms with Crippen molar-refractivity contribution in [2.45, 2.75) is 97.6 Å². The molecule has 26 heteroatoms. The van der Waals surface area contributed by atoms with E-state index in [1.165, 1.54) is 10.4 Å². The molecule has 5 heterocycles. The smallest absolute Gasteiger partial charge is 0.426 e. The summed E-state index contributed by atoms with van der Waals surface area (Å²) in [5, 5.41) is 43.4. The van der Waals surface area contributed by atoms with Crippen LogP contribution < -0.4 is 39.5 Å². The normalized spacial score (nSPS) is 16.8. The van der Waals surface area contributed by atoms with Gasteiger partial charge >= 0.3 is 14.2 Å². The summed E-state index contributed by atoms with van der Waals surface area (Å²) in [5.74, 6) is -2.09. The fourth-order valence-corrected chi connectivity index (χ4v) is 12.2. The lowest BCUT2D eigenvalue weighted by Crippen LogP contribution is -2.33. The molecule has 0 bridgehead atoms. The molecule has 466 valence electrons. The van der Waals surface area contributed by atoms with Crippen LogP contribution >= 0.6 is 0 Å². The van der Waals surface area contributed by atoms with Crippen LogP contribution in [0.1, 0.15) is 91.3 Å². The molecule has 5 aliphatic rings. The SMILES string of the molecule is CC.CN=C(NC)Oc1cc2c(cc1C)COB2O.Cc1cc2c(cc1Oc1nc3c(F)c(-c4ccc(C5(O)CCC5)cc4)c(F)cc3[nH]1)B(O)OC2.Cc1ccc(Oc2nc3c(F)c(-c4ccc(C5(O)CCC5)cc4)c(F)cc3[nH]2)cc1N1CC(=O)NS1=O. The molecule has 3 aliphatic heterocycles. The summed E-state index contributed by atoms with van der Waals surface area (Å²) in [6, 6.07) is 28.2. The number of ether oxygens (including phenoxy) is 3. The second-order valence-corrected chi connectivity index (χ2v) is 23.3. The number of aryl methyl sites for hydroxylation is 3. The van der Waals surface area contributed by atoms with Crippen LogP contribution in [-0.4, -0.2) is 91.2 Å². The molecule has 2 saturated carbocycles. The molecule has 1 saturated heterocycles. The van der Waals surface area contributed by atoms with E-state index in [-0.39, 0.29) is 57.7 Å². The molecule has 1 unspecified atom stereocenters. The number of nitrogens with zero attached hydrogens (tertiary/aromatic N) is 4. The van der Waals surface area contributed by atoms with E-state index >= 15 is 13.2 Å². The molecular formula is C64H64B2F4N8O11S. The Hall–Kier alpha value is -8.62. The molecule has 3 fully saturated rings. The van der Waals surface area contributed by atoms with Crippen LogP contribution in [0.2, 0.25) is 0 Å². The van der Waals surface area contributed by atoms with Gasteiger partial charge in [0.05, 0.1) is 52.3 Å². The summed E-state index contributed by atoms with van der Waals surface area (Å²) < 4.78 is 104. The van der Waals surface area contributed by atoms with Crippen LogP contribution in [0.3, 0.4) is 0 Å². The van der Waals surface area contributed by atoms with Crippen molar-refractivity contribution in [3.63, 3.8) is 0 Å². The number of H-pyrrole nitrogens is 2. The van der Waals surface area contributed by atoms with Crippen molar-refractivity contribution in [2.24, 2.45) is 4.99 Å². The molecule has 0 spiro atoms. The van der Waals surface area contributed by atoms with Gasteiger partial charge in [0.25, 0.3) is 23.9 Å². The summed E-state index contributed by atoms with van der Waals surface area (Å²) in [6.45, 7) is 10.3. The van der Waals surface area contributed by atoms with Gasteiger partial charge in [0.15, 0.2) is 11.6 Å². The number of amides is 1. The molecule has 7 aromatic carbocycles. The number of aliphatic hydroxyl groups is 2. The minimum atomic E-state index is -1.70. The maximum Gasteiger partial charge on any atom is 0.491 e. The van der Waals surface area contributed by atoms with Crippen LogP contribution in [0, 0.1) is 44.0 Å². The standard InChI is InChI=1S/C26H22F2N4O4S.C25H21BF2N2O4.C11H15BN2O3.C2H6/c1-14-3-8-17(11-20(14)32-13-21(33)31-37(32)35)36-25-29-19-12-18(27)22(23(28)24(19)30-25)15-4-6-16(7-5-15)26(34)9-2-10-26;1-13-9-15-12-33-26(32)17(15)10-20(13)34-24-29-19-11-18(27)21(22(28)23(19)30-24)14-3-5-16(6-4-14)25(31)7-2-8-25;1-7-4-8-6-16-12(15)9(8)5-10(7)17-11(13-2)14-3;1-2/h3-8,11-12,34H,2,9-10,13H2,1H3,(H,29,30)(H,31,33);3-6,9-11,31-32H,2,7-8,12H2,1H3,(H,29,30);4-5,15H,6H2,1-3H3,(H,13,14);1-2H3. The first kappa shape index (κ1) is 63.0. The summed E-state index contributed by atoms with van der Waals surface area (Å²) in [7, 11) is 1.50. The van der Waals surface area contributed by atoms with Crippen LogP contribution in [-0.2, 0) is 49.7 Å². The number of benzene rings is 7. The van der Waals surface area contributed by atoms with Crippen molar-refractivity contribution in [2.75, 3.05) is 24.9 Å². The zero-order valence-electron chi connectivity index (χ0n) is 50.2. The molecule has 19 nitrogen and oxygen atoms in total. The fourth-order valence-electron chi connectivity index (χ4n) is 11.2. The van der Waals surface area contributed by atoms with E-state index < -0.39 is 59.9 Å². The average molecular weight is 1250 g/mol. The molecule has 90 heavy (non-hydrogen) atoms. The Morgan fingerprint density at radius 3 is 1.60 bits per heavy atom. The molecular weight excluding hydrogens is 1190 g/mol. The Bertz CT molecular complexity index is 4280. The Labute approximate surface area is 518 Å². The molecule has 1 amide bonds. The summed E-state index contributed by atoms with van der Waals surface area (Å²) in [4.78, 5) is 29.6. The monoisotopic (exact) mass is 1250 g/mol. The van der Waals surface area contributed by atoms with Gasteiger partial charge < -0.3 is 59.1 Å². The predicted octanol–water partition coefficient (Wildman–Crippen LogP) is 9.52. The number of aromatic amines is 2.